The van der Waals surface area contributed by atoms with E-state index in [-0.39, 0.29) is 5.91 Å². The van der Waals surface area contributed by atoms with Gasteiger partial charge in [-0.15, -0.1) is 0 Å². The number of aromatic nitrogens is 1. The van der Waals surface area contributed by atoms with E-state index in [0.29, 0.717) is 6.42 Å². The number of unbranched alkanes of at least 4 members (excludes halogenated alkanes) is 2. The molecule has 0 unspecified atom stereocenters. The lowest BCUT2D eigenvalue weighted by atomic mass is 10.2. The van der Waals surface area contributed by atoms with Crippen LogP contribution in [0.15, 0.2) is 24.5 Å². The first-order chi connectivity index (χ1) is 8.22. The van der Waals surface area contributed by atoms with Crippen LogP contribution in [0.25, 0.3) is 0 Å². The number of pyridine rings is 1. The zero-order valence-corrected chi connectivity index (χ0v) is 10.9. The molecule has 0 bridgehead atoms. The maximum Gasteiger partial charge on any atom is 0.226 e. The molecule has 0 saturated carbocycles. The molecule has 1 N–H and O–H groups in total. The fourth-order valence-corrected chi connectivity index (χ4v) is 1.60. The van der Waals surface area contributed by atoms with Gasteiger partial charge in [-0.2, -0.15) is 0 Å². The number of hydrogen-bond acceptors (Lipinski definition) is 1. The summed E-state index contributed by atoms with van der Waals surface area (Å²) in [4.78, 5) is 11.5. The van der Waals surface area contributed by atoms with Crippen molar-refractivity contribution in [1.29, 1.82) is 0 Å². The molecule has 1 amide bonds. The highest BCUT2D eigenvalue weighted by Crippen LogP contribution is 1.92. The summed E-state index contributed by atoms with van der Waals surface area (Å²) < 4.78 is 2.04. The van der Waals surface area contributed by atoms with E-state index in [0.717, 1.165) is 19.5 Å². The molecule has 0 aliphatic rings. The minimum atomic E-state index is 0.147. The molecule has 0 fully saturated rings. The Kier molecular flexibility index (Phi) is 6.30. The zero-order valence-electron chi connectivity index (χ0n) is 10.9. The number of carbonyl (C=O) groups excluding carboxylic acids is 1. The van der Waals surface area contributed by atoms with Gasteiger partial charge in [-0.3, -0.25) is 4.79 Å². The molecule has 0 atom stereocenters. The molecule has 94 valence electrons. The van der Waals surface area contributed by atoms with Crippen LogP contribution in [0.5, 0.6) is 0 Å². The summed E-state index contributed by atoms with van der Waals surface area (Å²) in [7, 11) is 0. The minimum absolute atomic E-state index is 0.147. The molecule has 0 aliphatic carbocycles. The normalized spacial score (nSPS) is 10.2. The first kappa shape index (κ1) is 13.7. The van der Waals surface area contributed by atoms with E-state index in [2.05, 4.69) is 31.3 Å². The van der Waals surface area contributed by atoms with Crippen LogP contribution in [0.2, 0.25) is 0 Å². The van der Waals surface area contributed by atoms with E-state index in [9.17, 15) is 4.79 Å². The molecule has 3 heteroatoms. The van der Waals surface area contributed by atoms with Crippen molar-refractivity contribution in [2.24, 2.45) is 0 Å². The fraction of sp³-hybridized carbons (Fsp3) is 0.571. The Morgan fingerprint density at radius 1 is 1.29 bits per heavy atom. The Bertz CT molecular complexity index is 333. The van der Waals surface area contributed by atoms with E-state index in [1.165, 1.54) is 18.4 Å². The van der Waals surface area contributed by atoms with Crippen LogP contribution in [0.4, 0.5) is 0 Å². The molecule has 0 aromatic carbocycles. The van der Waals surface area contributed by atoms with Crippen molar-refractivity contribution >= 4 is 5.91 Å². The topological polar surface area (TPSA) is 33.0 Å². The lowest BCUT2D eigenvalue weighted by molar-refractivity contribution is -0.695. The lowest BCUT2D eigenvalue weighted by Gasteiger charge is -2.03. The van der Waals surface area contributed by atoms with Gasteiger partial charge in [0.15, 0.2) is 18.9 Å². The monoisotopic (exact) mass is 235 g/mol. The van der Waals surface area contributed by atoms with Crippen molar-refractivity contribution in [2.75, 3.05) is 6.54 Å². The number of aryl methyl sites for hydroxylation is 2. The highest BCUT2D eigenvalue weighted by molar-refractivity contribution is 5.75. The summed E-state index contributed by atoms with van der Waals surface area (Å²) in [6.07, 6.45) is 8.04. The summed E-state index contributed by atoms with van der Waals surface area (Å²) in [6, 6.07) is 4.11. The molecule has 17 heavy (non-hydrogen) atoms. The standard InChI is InChI=1S/C14H22N2O/c1-3-4-5-9-15-14(17)8-12-16-10-6-13(2)7-11-16/h6-7,10-11H,3-5,8-9,12H2,1-2H3/p+1. The van der Waals surface area contributed by atoms with Gasteiger partial charge in [0.25, 0.3) is 0 Å². The molecule has 0 spiro atoms. The molecular formula is C14H23N2O+. The van der Waals surface area contributed by atoms with E-state index in [1.54, 1.807) is 0 Å². The summed E-state index contributed by atoms with van der Waals surface area (Å²) in [5, 5.41) is 2.95. The van der Waals surface area contributed by atoms with Crippen molar-refractivity contribution in [1.82, 2.24) is 5.32 Å². The van der Waals surface area contributed by atoms with E-state index in [1.807, 2.05) is 17.0 Å². The van der Waals surface area contributed by atoms with Crippen LogP contribution < -0.4 is 9.88 Å². The second kappa shape index (κ2) is 7.82. The Morgan fingerprint density at radius 2 is 2.00 bits per heavy atom. The van der Waals surface area contributed by atoms with Gasteiger partial charge in [-0.25, -0.2) is 4.57 Å². The van der Waals surface area contributed by atoms with Crippen LogP contribution in [0.1, 0.15) is 38.2 Å². The molecule has 3 nitrogen and oxygen atoms in total. The lowest BCUT2D eigenvalue weighted by Crippen LogP contribution is -2.36. The van der Waals surface area contributed by atoms with Gasteiger partial charge < -0.3 is 5.32 Å². The number of rotatable bonds is 7. The third kappa shape index (κ3) is 6.05. The average Bonchev–Trinajstić information content (AvgIpc) is 2.34. The molecule has 0 saturated heterocycles. The van der Waals surface area contributed by atoms with Crippen LogP contribution in [-0.2, 0) is 11.3 Å². The highest BCUT2D eigenvalue weighted by atomic mass is 16.1. The largest absolute Gasteiger partial charge is 0.356 e. The summed E-state index contributed by atoms with van der Waals surface area (Å²) in [5.41, 5.74) is 1.24. The number of carbonyl (C=O) groups is 1. The van der Waals surface area contributed by atoms with Crippen LogP contribution in [-0.4, -0.2) is 12.5 Å². The van der Waals surface area contributed by atoms with Gasteiger partial charge in [-0.1, -0.05) is 19.8 Å². The van der Waals surface area contributed by atoms with Crippen LogP contribution in [0.3, 0.4) is 0 Å². The first-order valence-corrected chi connectivity index (χ1v) is 6.44. The van der Waals surface area contributed by atoms with Gasteiger partial charge in [0.05, 0.1) is 6.42 Å². The Labute approximate surface area is 104 Å². The van der Waals surface area contributed by atoms with Crippen molar-refractivity contribution in [3.63, 3.8) is 0 Å². The molecule has 0 radical (unpaired) electrons. The van der Waals surface area contributed by atoms with E-state index >= 15 is 0 Å². The van der Waals surface area contributed by atoms with E-state index in [4.69, 9.17) is 0 Å². The molecule has 1 aromatic rings. The van der Waals surface area contributed by atoms with Crippen molar-refractivity contribution in [2.45, 2.75) is 46.1 Å². The summed E-state index contributed by atoms with van der Waals surface area (Å²) >= 11 is 0. The third-order valence-corrected chi connectivity index (χ3v) is 2.76. The van der Waals surface area contributed by atoms with Gasteiger partial charge in [0.2, 0.25) is 5.91 Å². The maximum absolute atomic E-state index is 11.5. The van der Waals surface area contributed by atoms with Crippen LogP contribution >= 0.6 is 0 Å². The predicted molar refractivity (Wildman–Crippen MR) is 68.5 cm³/mol. The SMILES string of the molecule is CCCCCNC(=O)CC[n+]1ccc(C)cc1. The second-order valence-corrected chi connectivity index (χ2v) is 4.42. The Hall–Kier alpha value is -1.38. The van der Waals surface area contributed by atoms with Crippen molar-refractivity contribution in [3.8, 4) is 0 Å². The smallest absolute Gasteiger partial charge is 0.226 e. The van der Waals surface area contributed by atoms with E-state index < -0.39 is 0 Å². The Morgan fingerprint density at radius 3 is 2.65 bits per heavy atom. The molecule has 1 heterocycles. The second-order valence-electron chi connectivity index (χ2n) is 4.42. The highest BCUT2D eigenvalue weighted by Gasteiger charge is 2.05. The van der Waals surface area contributed by atoms with Gasteiger partial charge in [-0.05, 0) is 18.9 Å². The van der Waals surface area contributed by atoms with Crippen LogP contribution in [0, 0.1) is 6.92 Å². The third-order valence-electron chi connectivity index (χ3n) is 2.76. The maximum atomic E-state index is 11.5. The number of amides is 1. The zero-order chi connectivity index (χ0) is 12.5. The van der Waals surface area contributed by atoms with Gasteiger partial charge >= 0.3 is 0 Å². The first-order valence-electron chi connectivity index (χ1n) is 6.44. The summed E-state index contributed by atoms with van der Waals surface area (Å²) in [6.45, 7) is 5.78. The Balaban J connectivity index is 2.17. The number of nitrogens with one attached hydrogen (secondary N) is 1. The van der Waals surface area contributed by atoms with Gasteiger partial charge in [0.1, 0.15) is 0 Å². The van der Waals surface area contributed by atoms with Crippen molar-refractivity contribution < 1.29 is 9.36 Å². The molecule has 1 rings (SSSR count). The quantitative estimate of drug-likeness (QED) is 0.569. The summed E-state index contributed by atoms with van der Waals surface area (Å²) in [5.74, 6) is 0.147. The van der Waals surface area contributed by atoms with Gasteiger partial charge in [0, 0.05) is 18.7 Å². The molecule has 1 aromatic heterocycles. The fourth-order valence-electron chi connectivity index (χ4n) is 1.60. The number of hydrogen-bond donors (Lipinski definition) is 1. The van der Waals surface area contributed by atoms with Crippen molar-refractivity contribution in [3.05, 3.63) is 30.1 Å². The minimum Gasteiger partial charge on any atom is -0.356 e. The molecular weight excluding hydrogens is 212 g/mol. The average molecular weight is 235 g/mol. The molecule has 0 aliphatic heterocycles. The number of nitrogens with zero attached hydrogens (tertiary/aromatic N) is 1. The predicted octanol–water partition coefficient (Wildman–Crippen LogP) is 1.98.